The summed E-state index contributed by atoms with van der Waals surface area (Å²) in [6, 6.07) is 6.73. The first-order valence-corrected chi connectivity index (χ1v) is 7.93. The second kappa shape index (κ2) is 5.69. The number of rotatable bonds is 2. The average molecular weight is 340 g/mol. The van der Waals surface area contributed by atoms with Crippen LogP contribution in [0.4, 0.5) is 0 Å². The number of fused-ring (bicyclic) bond motifs is 2. The zero-order valence-electron chi connectivity index (χ0n) is 13.6. The minimum atomic E-state index is -0.590. The molecule has 4 rings (SSSR count). The van der Waals surface area contributed by atoms with Gasteiger partial charge in [0.05, 0.1) is 17.4 Å². The third-order valence-corrected chi connectivity index (χ3v) is 4.47. The SMILES string of the molecule is Cc1nnc2n1CCN(C(=O)Cn1c(=O)[nH]c3ccccc3c1=O)C2. The van der Waals surface area contributed by atoms with Gasteiger partial charge in [-0.05, 0) is 19.1 Å². The Morgan fingerprint density at radius 1 is 1.20 bits per heavy atom. The molecule has 1 N–H and O–H groups in total. The van der Waals surface area contributed by atoms with Crippen LogP contribution in [0.1, 0.15) is 11.6 Å². The summed E-state index contributed by atoms with van der Waals surface area (Å²) < 4.78 is 2.90. The molecular formula is C16H16N6O3. The van der Waals surface area contributed by atoms with E-state index in [1.807, 2.05) is 11.5 Å². The lowest BCUT2D eigenvalue weighted by molar-refractivity contribution is -0.133. The summed E-state index contributed by atoms with van der Waals surface area (Å²) in [5.41, 5.74) is -0.598. The van der Waals surface area contributed by atoms with E-state index in [4.69, 9.17) is 0 Å². The molecule has 0 bridgehead atoms. The van der Waals surface area contributed by atoms with Crippen molar-refractivity contribution in [2.24, 2.45) is 0 Å². The first-order valence-electron chi connectivity index (χ1n) is 7.93. The van der Waals surface area contributed by atoms with Crippen LogP contribution in [0.15, 0.2) is 33.9 Å². The minimum absolute atomic E-state index is 0.296. The lowest BCUT2D eigenvalue weighted by Gasteiger charge is -2.27. The standard InChI is InChI=1S/C16H16N6O3/c1-10-18-19-13-8-20(6-7-21(10)13)14(23)9-22-15(24)11-4-2-3-5-12(11)17-16(22)25/h2-5H,6-9H2,1H3,(H,17,25). The molecule has 128 valence electrons. The summed E-state index contributed by atoms with van der Waals surface area (Å²) in [4.78, 5) is 41.5. The maximum atomic E-state index is 12.6. The van der Waals surface area contributed by atoms with E-state index in [1.54, 1.807) is 29.2 Å². The summed E-state index contributed by atoms with van der Waals surface area (Å²) in [6.45, 7) is 2.97. The monoisotopic (exact) mass is 340 g/mol. The van der Waals surface area contributed by atoms with Crippen molar-refractivity contribution in [3.8, 4) is 0 Å². The predicted molar refractivity (Wildman–Crippen MR) is 89.0 cm³/mol. The number of carbonyl (C=O) groups excluding carboxylic acids is 1. The predicted octanol–water partition coefficient (Wildman–Crippen LogP) is -0.368. The fraction of sp³-hybridized carbons (Fsp3) is 0.312. The third-order valence-electron chi connectivity index (χ3n) is 4.47. The van der Waals surface area contributed by atoms with Crippen molar-refractivity contribution in [2.45, 2.75) is 26.6 Å². The largest absolute Gasteiger partial charge is 0.332 e. The molecule has 1 aromatic carbocycles. The number of hydrogen-bond donors (Lipinski definition) is 1. The van der Waals surface area contributed by atoms with Crippen LogP contribution in [0.5, 0.6) is 0 Å². The molecule has 25 heavy (non-hydrogen) atoms. The van der Waals surface area contributed by atoms with Gasteiger partial charge in [0.2, 0.25) is 5.91 Å². The number of nitrogens with one attached hydrogen (secondary N) is 1. The average Bonchev–Trinajstić information content (AvgIpc) is 2.99. The van der Waals surface area contributed by atoms with E-state index in [-0.39, 0.29) is 12.5 Å². The van der Waals surface area contributed by atoms with Gasteiger partial charge in [-0.25, -0.2) is 4.79 Å². The topological polar surface area (TPSA) is 106 Å². The highest BCUT2D eigenvalue weighted by Gasteiger charge is 2.24. The van der Waals surface area contributed by atoms with Crippen LogP contribution in [0, 0.1) is 6.92 Å². The molecule has 0 unspecified atom stereocenters. The van der Waals surface area contributed by atoms with Gasteiger partial charge in [-0.3, -0.25) is 14.2 Å². The first kappa shape index (κ1) is 15.3. The van der Waals surface area contributed by atoms with Crippen LogP contribution >= 0.6 is 0 Å². The van der Waals surface area contributed by atoms with Gasteiger partial charge in [0.15, 0.2) is 5.82 Å². The van der Waals surface area contributed by atoms with E-state index in [0.29, 0.717) is 36.4 Å². The van der Waals surface area contributed by atoms with E-state index >= 15 is 0 Å². The number of H-pyrrole nitrogens is 1. The molecule has 1 aliphatic heterocycles. The summed E-state index contributed by atoms with van der Waals surface area (Å²) >= 11 is 0. The van der Waals surface area contributed by atoms with Crippen molar-refractivity contribution in [3.63, 3.8) is 0 Å². The molecule has 2 aromatic heterocycles. The molecule has 9 nitrogen and oxygen atoms in total. The van der Waals surface area contributed by atoms with Crippen LogP contribution in [-0.2, 0) is 24.4 Å². The van der Waals surface area contributed by atoms with Gasteiger partial charge in [0, 0.05) is 13.1 Å². The first-order chi connectivity index (χ1) is 12.0. The summed E-state index contributed by atoms with van der Waals surface area (Å²) in [5.74, 6) is 1.22. The van der Waals surface area contributed by atoms with Crippen molar-refractivity contribution in [3.05, 3.63) is 56.8 Å². The highest BCUT2D eigenvalue weighted by molar-refractivity contribution is 5.79. The smallest absolute Gasteiger partial charge is 0.329 e. The number of para-hydroxylation sites is 1. The van der Waals surface area contributed by atoms with Gasteiger partial charge in [0.1, 0.15) is 12.4 Å². The van der Waals surface area contributed by atoms with Crippen molar-refractivity contribution in [2.75, 3.05) is 6.54 Å². The Labute approximate surface area is 141 Å². The maximum Gasteiger partial charge on any atom is 0.329 e. The number of carbonyl (C=O) groups is 1. The van der Waals surface area contributed by atoms with Gasteiger partial charge < -0.3 is 14.5 Å². The van der Waals surface area contributed by atoms with Crippen LogP contribution < -0.4 is 11.2 Å². The molecule has 0 spiro atoms. The maximum absolute atomic E-state index is 12.6. The molecule has 3 heterocycles. The van der Waals surface area contributed by atoms with Crippen LogP contribution in [-0.4, -0.2) is 41.7 Å². The minimum Gasteiger partial charge on any atom is -0.332 e. The fourth-order valence-corrected chi connectivity index (χ4v) is 3.09. The Kier molecular flexibility index (Phi) is 3.48. The number of nitrogens with zero attached hydrogens (tertiary/aromatic N) is 5. The number of benzene rings is 1. The third kappa shape index (κ3) is 2.53. The molecule has 0 atom stereocenters. The number of amides is 1. The molecule has 1 aliphatic rings. The normalized spacial score (nSPS) is 13.9. The van der Waals surface area contributed by atoms with E-state index in [1.165, 1.54) is 0 Å². The van der Waals surface area contributed by atoms with Crippen LogP contribution in [0.3, 0.4) is 0 Å². The molecule has 0 fully saturated rings. The Bertz CT molecular complexity index is 1090. The highest BCUT2D eigenvalue weighted by atomic mass is 16.2. The summed E-state index contributed by atoms with van der Waals surface area (Å²) in [7, 11) is 0. The number of aryl methyl sites for hydroxylation is 1. The van der Waals surface area contributed by atoms with Crippen LogP contribution in [0.25, 0.3) is 10.9 Å². The van der Waals surface area contributed by atoms with Gasteiger partial charge in [-0.2, -0.15) is 0 Å². The Hall–Kier alpha value is -3.23. The molecule has 0 saturated heterocycles. The van der Waals surface area contributed by atoms with Gasteiger partial charge in [-0.15, -0.1) is 10.2 Å². The van der Waals surface area contributed by atoms with Gasteiger partial charge >= 0.3 is 5.69 Å². The molecule has 0 saturated carbocycles. The quantitative estimate of drug-likeness (QED) is 0.685. The Morgan fingerprint density at radius 3 is 2.84 bits per heavy atom. The second-order valence-electron chi connectivity index (χ2n) is 6.00. The van der Waals surface area contributed by atoms with E-state index < -0.39 is 11.2 Å². The molecule has 1 amide bonds. The van der Waals surface area contributed by atoms with E-state index in [0.717, 1.165) is 10.4 Å². The van der Waals surface area contributed by atoms with Crippen molar-refractivity contribution in [1.29, 1.82) is 0 Å². The van der Waals surface area contributed by atoms with E-state index in [9.17, 15) is 14.4 Å². The van der Waals surface area contributed by atoms with Crippen molar-refractivity contribution < 1.29 is 4.79 Å². The Balaban J connectivity index is 1.63. The zero-order valence-corrected chi connectivity index (χ0v) is 13.6. The number of aromatic amines is 1. The van der Waals surface area contributed by atoms with Gasteiger partial charge in [-0.1, -0.05) is 12.1 Å². The molecule has 0 radical (unpaired) electrons. The second-order valence-corrected chi connectivity index (χ2v) is 6.00. The molecule has 0 aliphatic carbocycles. The van der Waals surface area contributed by atoms with Gasteiger partial charge in [0.25, 0.3) is 5.56 Å². The zero-order chi connectivity index (χ0) is 17.6. The number of aromatic nitrogens is 5. The Morgan fingerprint density at radius 2 is 2.00 bits per heavy atom. The number of hydrogen-bond acceptors (Lipinski definition) is 5. The summed E-state index contributed by atoms with van der Waals surface area (Å²) in [5, 5.41) is 8.44. The molecule has 3 aromatic rings. The van der Waals surface area contributed by atoms with Crippen molar-refractivity contribution in [1.82, 2.24) is 29.2 Å². The lowest BCUT2D eigenvalue weighted by Crippen LogP contribution is -2.44. The highest BCUT2D eigenvalue weighted by Crippen LogP contribution is 2.12. The van der Waals surface area contributed by atoms with E-state index in [2.05, 4.69) is 15.2 Å². The summed E-state index contributed by atoms with van der Waals surface area (Å²) in [6.07, 6.45) is 0. The van der Waals surface area contributed by atoms with Crippen molar-refractivity contribution >= 4 is 16.8 Å². The molecular weight excluding hydrogens is 324 g/mol. The lowest BCUT2D eigenvalue weighted by atomic mass is 10.2. The fourth-order valence-electron chi connectivity index (χ4n) is 3.09. The molecule has 9 heteroatoms. The van der Waals surface area contributed by atoms with Crippen LogP contribution in [0.2, 0.25) is 0 Å².